The molecule has 1 aromatic heterocycles. The molecule has 0 aliphatic rings. The van der Waals surface area contributed by atoms with Gasteiger partial charge in [-0.05, 0) is 12.1 Å². The number of nitrogens with one attached hydrogen (secondary N) is 1. The lowest BCUT2D eigenvalue weighted by molar-refractivity contribution is 0.555. The van der Waals surface area contributed by atoms with Crippen molar-refractivity contribution in [1.29, 1.82) is 0 Å². The lowest BCUT2D eigenvalue weighted by atomic mass is 10.3. The summed E-state index contributed by atoms with van der Waals surface area (Å²) in [6.07, 6.45) is 1.25. The monoisotopic (exact) mass is 181 g/mol. The van der Waals surface area contributed by atoms with Crippen LogP contribution in [0.5, 0.6) is 0 Å². The van der Waals surface area contributed by atoms with Crippen molar-refractivity contribution < 1.29 is 5.84 Å². The van der Waals surface area contributed by atoms with Crippen molar-refractivity contribution in [2.75, 3.05) is 0 Å². The van der Waals surface area contributed by atoms with E-state index in [-0.39, 0.29) is 1.43 Å². The van der Waals surface area contributed by atoms with E-state index in [1.807, 2.05) is 12.1 Å². The fraction of sp³-hybridized carbons (Fsp3) is 0.300. The third-order valence-corrected chi connectivity index (χ3v) is 1.33. The van der Waals surface area contributed by atoms with Crippen molar-refractivity contribution >= 4 is 11.1 Å². The van der Waals surface area contributed by atoms with Gasteiger partial charge in [-0.1, -0.05) is 32.4 Å². The second-order valence-electron chi connectivity index (χ2n) is 2.72. The van der Waals surface area contributed by atoms with Crippen LogP contribution >= 0.6 is 0 Å². The van der Waals surface area contributed by atoms with E-state index in [0.29, 0.717) is 5.58 Å². The van der Waals surface area contributed by atoms with E-state index >= 15 is 0 Å². The second-order valence-corrected chi connectivity index (χ2v) is 2.72. The first-order valence-electron chi connectivity index (χ1n) is 4.35. The van der Waals surface area contributed by atoms with Crippen LogP contribution in [0.3, 0.4) is 0 Å². The topological polar surface area (TPSA) is 46.0 Å². The van der Waals surface area contributed by atoms with Crippen molar-refractivity contribution in [1.82, 2.24) is 4.98 Å². The molecule has 0 spiro atoms. The average molecular weight is 181 g/mol. The maximum atomic E-state index is 10.6. The minimum atomic E-state index is -0.402. The number of rotatable bonds is 0. The fourth-order valence-corrected chi connectivity index (χ4v) is 0.894. The molecule has 1 aromatic carbocycles. The van der Waals surface area contributed by atoms with E-state index in [1.165, 1.54) is 6.42 Å². The molecule has 0 bridgehead atoms. The van der Waals surface area contributed by atoms with E-state index in [4.69, 9.17) is 4.42 Å². The summed E-state index contributed by atoms with van der Waals surface area (Å²) in [5.41, 5.74) is 1.35. The zero-order valence-corrected chi connectivity index (χ0v) is 7.83. The molecule has 0 saturated heterocycles. The molecule has 0 aliphatic heterocycles. The quantitative estimate of drug-likeness (QED) is 0.679. The summed E-state index contributed by atoms with van der Waals surface area (Å²) in [5.74, 6) is -0.402. The Morgan fingerprint density at radius 1 is 1.38 bits per heavy atom. The minimum Gasteiger partial charge on any atom is -0.408 e. The van der Waals surface area contributed by atoms with Gasteiger partial charge in [-0.3, -0.25) is 4.98 Å². The highest BCUT2D eigenvalue weighted by atomic mass is 16.4. The first-order valence-corrected chi connectivity index (χ1v) is 4.35. The van der Waals surface area contributed by atoms with Crippen molar-refractivity contribution in [2.24, 2.45) is 0 Å². The smallest absolute Gasteiger partial charge is 0.408 e. The second kappa shape index (κ2) is 4.50. The van der Waals surface area contributed by atoms with Crippen LogP contribution in [0.1, 0.15) is 21.7 Å². The number of fused-ring (bicyclic) bond motifs is 1. The Morgan fingerprint density at radius 3 is 2.62 bits per heavy atom. The van der Waals surface area contributed by atoms with E-state index in [2.05, 4.69) is 18.8 Å². The normalized spacial score (nSPS) is 9.38. The molecule has 0 aliphatic carbocycles. The number of benzene rings is 1. The Bertz CT molecular complexity index is 383. The summed E-state index contributed by atoms with van der Waals surface area (Å²) in [7, 11) is 0. The molecule has 0 fully saturated rings. The van der Waals surface area contributed by atoms with Crippen molar-refractivity contribution in [3.05, 3.63) is 34.8 Å². The summed E-state index contributed by atoms with van der Waals surface area (Å²) in [5, 5.41) is 0. The van der Waals surface area contributed by atoms with Crippen LogP contribution < -0.4 is 5.76 Å². The van der Waals surface area contributed by atoms with Crippen molar-refractivity contribution in [3.63, 3.8) is 0 Å². The standard InChI is InChI=1S/C7H5NO2.C3H8.H2/c9-7-8-5-3-1-2-4-6(5)10-7;1-3-2;/h1-4H,(H,8,9);3H2,1-2H3;1H. The predicted octanol–water partition coefficient (Wildman–Crippen LogP) is 2.78. The van der Waals surface area contributed by atoms with Gasteiger partial charge in [0.15, 0.2) is 5.58 Å². The Balaban J connectivity index is 0.000000381. The Morgan fingerprint density at radius 2 is 2.00 bits per heavy atom. The van der Waals surface area contributed by atoms with Crippen molar-refractivity contribution in [2.45, 2.75) is 20.3 Å². The van der Waals surface area contributed by atoms with E-state index < -0.39 is 5.76 Å². The van der Waals surface area contributed by atoms with Gasteiger partial charge >= 0.3 is 5.76 Å². The molecule has 13 heavy (non-hydrogen) atoms. The van der Waals surface area contributed by atoms with Gasteiger partial charge in [0.1, 0.15) is 0 Å². The molecule has 1 heterocycles. The molecule has 3 heteroatoms. The number of hydrogen-bond donors (Lipinski definition) is 1. The van der Waals surface area contributed by atoms with Crippen LogP contribution in [-0.2, 0) is 0 Å². The highest BCUT2D eigenvalue weighted by Gasteiger charge is 1.95. The summed E-state index contributed by atoms with van der Waals surface area (Å²) in [4.78, 5) is 13.1. The molecule has 3 nitrogen and oxygen atoms in total. The summed E-state index contributed by atoms with van der Waals surface area (Å²) in [6.45, 7) is 4.25. The SMILES string of the molecule is CCC.O=c1[nH]c2ccccc2o1.[HH]. The highest BCUT2D eigenvalue weighted by molar-refractivity contribution is 5.71. The molecule has 0 amide bonds. The van der Waals surface area contributed by atoms with E-state index in [0.717, 1.165) is 5.52 Å². The molecule has 0 atom stereocenters. The van der Waals surface area contributed by atoms with Gasteiger partial charge in [-0.15, -0.1) is 0 Å². The van der Waals surface area contributed by atoms with Crippen LogP contribution in [0, 0.1) is 0 Å². The maximum Gasteiger partial charge on any atom is 0.417 e. The third-order valence-electron chi connectivity index (χ3n) is 1.33. The molecule has 2 aromatic rings. The zero-order valence-electron chi connectivity index (χ0n) is 7.83. The number of H-pyrrole nitrogens is 1. The fourth-order valence-electron chi connectivity index (χ4n) is 0.894. The number of oxazole rings is 1. The molecule has 2 rings (SSSR count). The number of aromatic amines is 1. The number of aromatic nitrogens is 1. The average Bonchev–Trinajstić information content (AvgIpc) is 2.45. The molecule has 0 radical (unpaired) electrons. The summed E-state index contributed by atoms with van der Waals surface area (Å²) < 4.78 is 4.76. The molecule has 0 saturated carbocycles. The van der Waals surface area contributed by atoms with Crippen LogP contribution in [0.15, 0.2) is 33.5 Å². The van der Waals surface area contributed by atoms with Gasteiger partial charge in [0.25, 0.3) is 0 Å². The van der Waals surface area contributed by atoms with Gasteiger partial charge in [0.2, 0.25) is 0 Å². The van der Waals surface area contributed by atoms with Gasteiger partial charge in [-0.2, -0.15) is 0 Å². The lowest BCUT2D eigenvalue weighted by Gasteiger charge is -1.79. The van der Waals surface area contributed by atoms with Crippen molar-refractivity contribution in [3.8, 4) is 0 Å². The molecule has 72 valence electrons. The summed E-state index contributed by atoms with van der Waals surface area (Å²) >= 11 is 0. The van der Waals surface area contributed by atoms with Gasteiger partial charge < -0.3 is 4.42 Å². The Kier molecular flexibility index (Phi) is 3.31. The van der Waals surface area contributed by atoms with Crippen LogP contribution in [0.2, 0.25) is 0 Å². The predicted molar refractivity (Wildman–Crippen MR) is 54.9 cm³/mol. The van der Waals surface area contributed by atoms with E-state index in [1.54, 1.807) is 12.1 Å². The van der Waals surface area contributed by atoms with Gasteiger partial charge in [0.05, 0.1) is 5.52 Å². The van der Waals surface area contributed by atoms with Gasteiger partial charge in [-0.25, -0.2) is 4.79 Å². The molecule has 0 unspecified atom stereocenters. The van der Waals surface area contributed by atoms with Crippen LogP contribution in [0.4, 0.5) is 0 Å². The molecular weight excluding hydrogens is 166 g/mol. The highest BCUT2D eigenvalue weighted by Crippen LogP contribution is 2.06. The first-order chi connectivity index (χ1) is 6.27. The number of hydrogen-bond acceptors (Lipinski definition) is 2. The lowest BCUT2D eigenvalue weighted by Crippen LogP contribution is -1.92. The van der Waals surface area contributed by atoms with Crippen LogP contribution in [-0.4, -0.2) is 4.98 Å². The largest absolute Gasteiger partial charge is 0.417 e. The molecule has 1 N–H and O–H groups in total. The zero-order chi connectivity index (χ0) is 9.68. The van der Waals surface area contributed by atoms with E-state index in [9.17, 15) is 4.79 Å². The first kappa shape index (κ1) is 9.58. The van der Waals surface area contributed by atoms with Gasteiger partial charge in [0, 0.05) is 1.43 Å². The Labute approximate surface area is 77.9 Å². The number of para-hydroxylation sites is 2. The third kappa shape index (κ3) is 2.47. The maximum absolute atomic E-state index is 10.6. The minimum absolute atomic E-state index is 0. The Hall–Kier alpha value is -1.51. The van der Waals surface area contributed by atoms with Crippen LogP contribution in [0.25, 0.3) is 11.1 Å². The molecular formula is C10H15NO2. The summed E-state index contributed by atoms with van der Waals surface area (Å²) in [6, 6.07) is 7.19.